The van der Waals surface area contributed by atoms with Crippen LogP contribution in [-0.2, 0) is 0 Å². The predicted molar refractivity (Wildman–Crippen MR) is 151 cm³/mol. The zero-order valence-electron chi connectivity index (χ0n) is 21.3. The molecule has 39 heavy (non-hydrogen) atoms. The van der Waals surface area contributed by atoms with E-state index in [9.17, 15) is 4.39 Å². The highest BCUT2D eigenvalue weighted by Crippen LogP contribution is 2.35. The average molecular weight is 519 g/mol. The molecule has 0 aliphatic carbocycles. The molecule has 0 saturated carbocycles. The molecule has 0 amide bonds. The number of pyridine rings is 2. The summed E-state index contributed by atoms with van der Waals surface area (Å²) in [5, 5.41) is 8.64. The Hall–Kier alpha value is -4.56. The van der Waals surface area contributed by atoms with E-state index in [1.807, 2.05) is 48.5 Å². The van der Waals surface area contributed by atoms with Gasteiger partial charge in [0.1, 0.15) is 29.4 Å². The minimum Gasteiger partial charge on any atom is -0.492 e. The number of aromatic nitrogens is 5. The zero-order chi connectivity index (χ0) is 26.2. The summed E-state index contributed by atoms with van der Waals surface area (Å²) in [6, 6.07) is 20.8. The van der Waals surface area contributed by atoms with Crippen LogP contribution in [0.15, 0.2) is 79.1 Å². The third-order valence-corrected chi connectivity index (χ3v) is 7.34. The molecular formula is C31H27FN6O. The maximum Gasteiger partial charge on any atom is 0.135 e. The monoisotopic (exact) mass is 518 g/mol. The van der Waals surface area contributed by atoms with Crippen molar-refractivity contribution in [2.75, 3.05) is 26.2 Å². The van der Waals surface area contributed by atoms with Crippen molar-refractivity contribution in [1.29, 1.82) is 0 Å². The molecule has 8 heteroatoms. The van der Waals surface area contributed by atoms with Crippen molar-refractivity contribution in [3.63, 3.8) is 0 Å². The van der Waals surface area contributed by atoms with E-state index < -0.39 is 0 Å². The van der Waals surface area contributed by atoms with Gasteiger partial charge in [-0.3, -0.25) is 15.0 Å². The van der Waals surface area contributed by atoms with Crippen LogP contribution >= 0.6 is 0 Å². The van der Waals surface area contributed by atoms with E-state index in [2.05, 4.69) is 31.1 Å². The number of halogens is 1. The summed E-state index contributed by atoms with van der Waals surface area (Å²) in [6.07, 6.45) is 6.02. The van der Waals surface area contributed by atoms with Crippen LogP contribution in [0.5, 0.6) is 5.75 Å². The Morgan fingerprint density at radius 2 is 1.85 bits per heavy atom. The number of H-pyrrole nitrogens is 2. The SMILES string of the molecule is Fc1cc(OCCN2CCCC2)cc(-c2cccc3[nH]c(-c4n[nH]c5ccc(-c6cccnc6)nc45)cc23)c1. The fourth-order valence-electron chi connectivity index (χ4n) is 5.40. The van der Waals surface area contributed by atoms with Crippen molar-refractivity contribution in [3.8, 4) is 39.5 Å². The minimum atomic E-state index is -0.318. The molecule has 0 radical (unpaired) electrons. The Bertz CT molecular complexity index is 1770. The van der Waals surface area contributed by atoms with Crippen molar-refractivity contribution in [3.05, 3.63) is 84.9 Å². The quantitative estimate of drug-likeness (QED) is 0.254. The van der Waals surface area contributed by atoms with Crippen LogP contribution in [0.3, 0.4) is 0 Å². The lowest BCUT2D eigenvalue weighted by atomic mass is 10.0. The molecule has 1 aliphatic rings. The topological polar surface area (TPSA) is 82.7 Å². The standard InChI is InChI=1S/C31H27FN6O/c32-22-15-21(16-23(17-22)39-14-13-38-11-1-2-12-38)24-6-3-7-27-25(24)18-29(34-27)31-30-28(36-37-31)9-8-26(35-30)20-5-4-10-33-19-20/h3-10,15-19,34H,1-2,11-14H2,(H,36,37). The van der Waals surface area contributed by atoms with Gasteiger partial charge in [0.15, 0.2) is 0 Å². The van der Waals surface area contributed by atoms with Gasteiger partial charge >= 0.3 is 0 Å². The Labute approximate surface area is 224 Å². The van der Waals surface area contributed by atoms with Crippen LogP contribution < -0.4 is 4.74 Å². The van der Waals surface area contributed by atoms with E-state index in [0.29, 0.717) is 12.4 Å². The minimum absolute atomic E-state index is 0.318. The van der Waals surface area contributed by atoms with E-state index in [1.54, 1.807) is 18.5 Å². The third kappa shape index (κ3) is 4.64. The highest BCUT2D eigenvalue weighted by molar-refractivity contribution is 6.00. The van der Waals surface area contributed by atoms with Crippen LogP contribution in [0.1, 0.15) is 12.8 Å². The van der Waals surface area contributed by atoms with Crippen molar-refractivity contribution in [1.82, 2.24) is 30.0 Å². The third-order valence-electron chi connectivity index (χ3n) is 7.34. The van der Waals surface area contributed by atoms with Gasteiger partial charge in [0.05, 0.1) is 16.9 Å². The average Bonchev–Trinajstić information content (AvgIpc) is 3.72. The number of rotatable bonds is 7. The molecule has 194 valence electrons. The molecule has 7 nitrogen and oxygen atoms in total. The molecule has 1 saturated heterocycles. The van der Waals surface area contributed by atoms with Gasteiger partial charge < -0.3 is 9.72 Å². The summed E-state index contributed by atoms with van der Waals surface area (Å²) in [6.45, 7) is 3.63. The van der Waals surface area contributed by atoms with Crippen LogP contribution in [-0.4, -0.2) is 56.3 Å². The largest absolute Gasteiger partial charge is 0.492 e. The molecule has 2 N–H and O–H groups in total. The van der Waals surface area contributed by atoms with Gasteiger partial charge in [-0.05, 0) is 85.6 Å². The first-order valence-electron chi connectivity index (χ1n) is 13.2. The van der Waals surface area contributed by atoms with E-state index in [0.717, 1.165) is 75.3 Å². The maximum atomic E-state index is 14.7. The fraction of sp³-hybridized carbons (Fsp3) is 0.194. The molecule has 0 unspecified atom stereocenters. The lowest BCUT2D eigenvalue weighted by molar-refractivity contribution is 0.237. The lowest BCUT2D eigenvalue weighted by Gasteiger charge is -2.15. The van der Waals surface area contributed by atoms with Crippen LogP contribution in [0.4, 0.5) is 4.39 Å². The molecule has 0 bridgehead atoms. The van der Waals surface area contributed by atoms with E-state index in [-0.39, 0.29) is 5.82 Å². The summed E-state index contributed by atoms with van der Waals surface area (Å²) in [5.41, 5.74) is 7.56. The number of nitrogens with zero attached hydrogens (tertiary/aromatic N) is 4. The summed E-state index contributed by atoms with van der Waals surface area (Å²) in [4.78, 5) is 15.0. The summed E-state index contributed by atoms with van der Waals surface area (Å²) >= 11 is 0. The van der Waals surface area contributed by atoms with Gasteiger partial charge in [-0.1, -0.05) is 12.1 Å². The Balaban J connectivity index is 1.23. The second-order valence-corrected chi connectivity index (χ2v) is 9.93. The van der Waals surface area contributed by atoms with E-state index in [1.165, 1.54) is 18.9 Å². The smallest absolute Gasteiger partial charge is 0.135 e. The molecule has 4 aromatic heterocycles. The van der Waals surface area contributed by atoms with Crippen molar-refractivity contribution >= 4 is 21.9 Å². The number of hydrogen-bond donors (Lipinski definition) is 2. The number of hydrogen-bond acceptors (Lipinski definition) is 5. The number of aromatic amines is 2. The van der Waals surface area contributed by atoms with Gasteiger partial charge in [0.25, 0.3) is 0 Å². The summed E-state index contributed by atoms with van der Waals surface area (Å²) in [5.74, 6) is 0.226. The molecule has 0 spiro atoms. The maximum absolute atomic E-state index is 14.7. The molecule has 7 rings (SSSR count). The number of ether oxygens (including phenoxy) is 1. The highest BCUT2D eigenvalue weighted by Gasteiger charge is 2.16. The van der Waals surface area contributed by atoms with Gasteiger partial charge in [-0.15, -0.1) is 0 Å². The molecular weight excluding hydrogens is 491 g/mol. The number of likely N-dealkylation sites (tertiary alicyclic amines) is 1. The normalized spacial score (nSPS) is 14.0. The Morgan fingerprint density at radius 1 is 0.923 bits per heavy atom. The number of nitrogens with one attached hydrogen (secondary N) is 2. The number of fused-ring (bicyclic) bond motifs is 2. The predicted octanol–water partition coefficient (Wildman–Crippen LogP) is 6.45. The zero-order valence-corrected chi connectivity index (χ0v) is 21.3. The first kappa shape index (κ1) is 23.5. The molecule has 5 heterocycles. The van der Waals surface area contributed by atoms with Crippen molar-refractivity contribution in [2.24, 2.45) is 0 Å². The van der Waals surface area contributed by atoms with Crippen LogP contribution in [0.25, 0.3) is 55.7 Å². The van der Waals surface area contributed by atoms with Gasteiger partial charge in [0, 0.05) is 41.5 Å². The summed E-state index contributed by atoms with van der Waals surface area (Å²) < 4.78 is 20.7. The van der Waals surface area contributed by atoms with Gasteiger partial charge in [-0.25, -0.2) is 9.37 Å². The van der Waals surface area contributed by atoms with Crippen LogP contribution in [0.2, 0.25) is 0 Å². The second-order valence-electron chi connectivity index (χ2n) is 9.93. The lowest BCUT2D eigenvalue weighted by Crippen LogP contribution is -2.25. The molecule has 2 aromatic carbocycles. The Kier molecular flexibility index (Phi) is 6.01. The molecule has 1 fully saturated rings. The van der Waals surface area contributed by atoms with E-state index in [4.69, 9.17) is 9.72 Å². The Morgan fingerprint density at radius 3 is 2.72 bits per heavy atom. The summed E-state index contributed by atoms with van der Waals surface area (Å²) in [7, 11) is 0. The first-order chi connectivity index (χ1) is 19.2. The van der Waals surface area contributed by atoms with Crippen molar-refractivity contribution in [2.45, 2.75) is 12.8 Å². The second kappa shape index (κ2) is 9.96. The highest BCUT2D eigenvalue weighted by atomic mass is 19.1. The van der Waals surface area contributed by atoms with Crippen molar-refractivity contribution < 1.29 is 9.13 Å². The van der Waals surface area contributed by atoms with Crippen LogP contribution in [0, 0.1) is 5.82 Å². The molecule has 1 aliphatic heterocycles. The van der Waals surface area contributed by atoms with Gasteiger partial charge in [-0.2, -0.15) is 5.10 Å². The fourth-order valence-corrected chi connectivity index (χ4v) is 5.40. The molecule has 0 atom stereocenters. The first-order valence-corrected chi connectivity index (χ1v) is 13.2. The van der Waals surface area contributed by atoms with Gasteiger partial charge in [0.2, 0.25) is 0 Å². The van der Waals surface area contributed by atoms with E-state index >= 15 is 0 Å². The number of benzene rings is 2. The molecule has 6 aromatic rings.